The first kappa shape index (κ1) is 34.7. The number of ether oxygens (including phenoxy) is 4. The van der Waals surface area contributed by atoms with Crippen molar-refractivity contribution in [3.63, 3.8) is 0 Å². The van der Waals surface area contributed by atoms with E-state index in [2.05, 4.69) is 34.6 Å². The van der Waals surface area contributed by atoms with Crippen LogP contribution in [0.2, 0.25) is 25.7 Å². The van der Waals surface area contributed by atoms with Gasteiger partial charge in [-0.25, -0.2) is 4.98 Å². The fourth-order valence-electron chi connectivity index (χ4n) is 4.34. The second kappa shape index (κ2) is 14.5. The Balaban J connectivity index is 1.43. The summed E-state index contributed by atoms with van der Waals surface area (Å²) in [5.74, 6) is 0.619. The molecule has 0 spiro atoms. The van der Waals surface area contributed by atoms with E-state index in [1.807, 2.05) is 30.3 Å². The van der Waals surface area contributed by atoms with Gasteiger partial charge in [0.1, 0.15) is 30.5 Å². The molecule has 0 saturated heterocycles. The van der Waals surface area contributed by atoms with E-state index in [-0.39, 0.29) is 37.3 Å². The van der Waals surface area contributed by atoms with Gasteiger partial charge in [-0.2, -0.15) is 13.2 Å². The maximum Gasteiger partial charge on any atom is 0.435 e. The lowest BCUT2D eigenvalue weighted by Gasteiger charge is -2.23. The van der Waals surface area contributed by atoms with Gasteiger partial charge in [0.2, 0.25) is 0 Å². The number of pyridine rings is 1. The molecule has 0 radical (unpaired) electrons. The van der Waals surface area contributed by atoms with Crippen LogP contribution in [-0.2, 0) is 33.7 Å². The summed E-state index contributed by atoms with van der Waals surface area (Å²) in [5, 5.41) is 0. The molecule has 0 aliphatic heterocycles. The van der Waals surface area contributed by atoms with Crippen LogP contribution < -0.4 is 9.47 Å². The molecule has 0 aliphatic carbocycles. The number of H-pyrrole nitrogens is 1. The van der Waals surface area contributed by atoms with Crippen molar-refractivity contribution < 1.29 is 36.9 Å². The van der Waals surface area contributed by atoms with E-state index < -0.39 is 25.4 Å². The Morgan fingerprint density at radius 1 is 0.978 bits per heavy atom. The summed E-state index contributed by atoms with van der Waals surface area (Å²) in [7, 11) is 0.131. The third-order valence-electron chi connectivity index (χ3n) is 7.14. The summed E-state index contributed by atoms with van der Waals surface area (Å²) >= 11 is 0. The summed E-state index contributed by atoms with van der Waals surface area (Å²) in [6.45, 7) is 10.5. The molecule has 2 heterocycles. The maximum atomic E-state index is 13.7. The number of aromatic nitrogens is 3. The lowest BCUT2D eigenvalue weighted by Crippen LogP contribution is -2.32. The molecule has 0 saturated carbocycles. The average molecular weight is 656 g/mol. The van der Waals surface area contributed by atoms with Crippen molar-refractivity contribution in [3.8, 4) is 34.1 Å². The number of hydrogen-bond acceptors (Lipinski definition) is 7. The second-order valence-electron chi connectivity index (χ2n) is 12.8. The van der Waals surface area contributed by atoms with E-state index in [0.29, 0.717) is 34.9 Å². The summed E-state index contributed by atoms with van der Waals surface area (Å²) < 4.78 is 63.8. The number of imidazole rings is 1. The minimum absolute atomic E-state index is 0.0517. The smallest absolute Gasteiger partial charge is 0.435 e. The first-order valence-corrected chi connectivity index (χ1v) is 18.6. The van der Waals surface area contributed by atoms with Gasteiger partial charge in [0.15, 0.2) is 5.69 Å². The first-order chi connectivity index (χ1) is 21.7. The standard InChI is InChI=1S/C34H40F3N3O5Si/c1-33(2,32(41)44-20-23-10-8-7-9-11-23)22-45-25-13-14-26(29(18-25)42-3)27-15-12-24(19-38-27)31-39-28(30(40-31)34(35,36)37)21-43-16-17-46(4,5)6/h7-15,18-19H,16-17,20-22H2,1-6H3,(H,39,40). The van der Waals surface area contributed by atoms with E-state index in [4.69, 9.17) is 18.9 Å². The van der Waals surface area contributed by atoms with Gasteiger partial charge in [0, 0.05) is 38.1 Å². The highest BCUT2D eigenvalue weighted by Crippen LogP contribution is 2.35. The normalized spacial score (nSPS) is 12.2. The molecule has 8 nitrogen and oxygen atoms in total. The van der Waals surface area contributed by atoms with Crippen LogP contribution >= 0.6 is 0 Å². The number of alkyl halides is 3. The summed E-state index contributed by atoms with van der Waals surface area (Å²) in [6, 6.07) is 18.8. The molecule has 0 atom stereocenters. The van der Waals surface area contributed by atoms with Gasteiger partial charge in [-0.1, -0.05) is 50.0 Å². The average Bonchev–Trinajstić information content (AvgIpc) is 3.46. The molecule has 0 fully saturated rings. The van der Waals surface area contributed by atoms with Crippen molar-refractivity contribution in [2.24, 2.45) is 5.41 Å². The Morgan fingerprint density at radius 2 is 1.72 bits per heavy atom. The Kier molecular flexibility index (Phi) is 10.9. The molecule has 12 heteroatoms. The van der Waals surface area contributed by atoms with E-state index >= 15 is 0 Å². The molecular formula is C34H40F3N3O5Si. The van der Waals surface area contributed by atoms with Gasteiger partial charge in [0.05, 0.1) is 30.5 Å². The molecule has 1 N–H and O–H groups in total. The van der Waals surface area contributed by atoms with Crippen molar-refractivity contribution in [1.82, 2.24) is 15.0 Å². The Bertz CT molecular complexity index is 1600. The Hall–Kier alpha value is -4.16. The number of aromatic amines is 1. The molecule has 4 rings (SSSR count). The zero-order valence-corrected chi connectivity index (χ0v) is 28.0. The van der Waals surface area contributed by atoms with Gasteiger partial charge in [0.25, 0.3) is 0 Å². The number of halogens is 3. The number of carbonyl (C=O) groups excluding carboxylic acids is 1. The maximum absolute atomic E-state index is 13.7. The van der Waals surface area contributed by atoms with Crippen molar-refractivity contribution in [1.29, 1.82) is 0 Å². The van der Waals surface area contributed by atoms with Crippen LogP contribution in [0.5, 0.6) is 11.5 Å². The molecule has 2 aromatic heterocycles. The topological polar surface area (TPSA) is 95.6 Å². The summed E-state index contributed by atoms with van der Waals surface area (Å²) in [4.78, 5) is 23.8. The predicted octanol–water partition coefficient (Wildman–Crippen LogP) is 8.17. The van der Waals surface area contributed by atoms with Crippen molar-refractivity contribution >= 4 is 14.0 Å². The zero-order valence-electron chi connectivity index (χ0n) is 27.0. The number of nitrogens with one attached hydrogen (secondary N) is 1. The van der Waals surface area contributed by atoms with E-state index in [1.165, 1.54) is 13.3 Å². The van der Waals surface area contributed by atoms with Crippen molar-refractivity contribution in [2.75, 3.05) is 20.3 Å². The van der Waals surface area contributed by atoms with Crippen LogP contribution in [0.15, 0.2) is 66.9 Å². The predicted molar refractivity (Wildman–Crippen MR) is 172 cm³/mol. The number of hydrogen-bond donors (Lipinski definition) is 1. The second-order valence-corrected chi connectivity index (χ2v) is 18.4. The van der Waals surface area contributed by atoms with Crippen LogP contribution in [0, 0.1) is 5.41 Å². The number of benzene rings is 2. The van der Waals surface area contributed by atoms with Gasteiger partial charge >= 0.3 is 12.1 Å². The minimum Gasteiger partial charge on any atom is -0.496 e. The Labute approximate surface area is 268 Å². The lowest BCUT2D eigenvalue weighted by molar-refractivity contribution is -0.157. The number of nitrogens with zero attached hydrogens (tertiary/aromatic N) is 2. The largest absolute Gasteiger partial charge is 0.496 e. The third-order valence-corrected chi connectivity index (χ3v) is 8.85. The van der Waals surface area contributed by atoms with Crippen LogP contribution in [0.4, 0.5) is 13.2 Å². The highest BCUT2D eigenvalue weighted by Gasteiger charge is 2.37. The van der Waals surface area contributed by atoms with Crippen molar-refractivity contribution in [3.05, 3.63) is 83.8 Å². The fraction of sp³-hybridized carbons (Fsp3) is 0.382. The van der Waals surface area contributed by atoms with Crippen LogP contribution in [0.3, 0.4) is 0 Å². The number of methoxy groups -OCH3 is 1. The van der Waals surface area contributed by atoms with Crippen LogP contribution in [-0.4, -0.2) is 49.3 Å². The van der Waals surface area contributed by atoms with Gasteiger partial charge in [-0.05, 0) is 49.7 Å². The fourth-order valence-corrected chi connectivity index (χ4v) is 5.10. The summed E-state index contributed by atoms with van der Waals surface area (Å²) in [6.07, 6.45) is -3.17. The van der Waals surface area contributed by atoms with Crippen LogP contribution in [0.1, 0.15) is 30.8 Å². The quantitative estimate of drug-likeness (QED) is 0.0832. The van der Waals surface area contributed by atoms with E-state index in [9.17, 15) is 18.0 Å². The summed E-state index contributed by atoms with van der Waals surface area (Å²) in [5.41, 5.74) is 0.451. The molecular weight excluding hydrogens is 615 g/mol. The van der Waals surface area contributed by atoms with Gasteiger partial charge in [-0.15, -0.1) is 0 Å². The molecule has 246 valence electrons. The lowest BCUT2D eigenvalue weighted by atomic mass is 9.95. The monoisotopic (exact) mass is 655 g/mol. The molecule has 4 aromatic rings. The third kappa shape index (κ3) is 9.43. The van der Waals surface area contributed by atoms with E-state index in [0.717, 1.165) is 11.6 Å². The molecule has 0 unspecified atom stereocenters. The minimum atomic E-state index is -4.63. The molecule has 0 bridgehead atoms. The SMILES string of the molecule is COc1cc(OCC(C)(C)C(=O)OCc2ccccc2)ccc1-c1ccc(-c2nc(C(F)(F)F)c(COCC[Si](C)(C)C)[nH]2)cn1. The van der Waals surface area contributed by atoms with E-state index in [1.54, 1.807) is 44.2 Å². The number of rotatable bonds is 14. The molecule has 0 aliphatic rings. The number of carbonyl (C=O) groups is 1. The zero-order chi connectivity index (χ0) is 33.5. The molecule has 2 aromatic carbocycles. The highest BCUT2D eigenvalue weighted by atomic mass is 28.3. The molecule has 46 heavy (non-hydrogen) atoms. The van der Waals surface area contributed by atoms with Gasteiger partial charge < -0.3 is 23.9 Å². The molecule has 0 amide bonds. The Morgan fingerprint density at radius 3 is 2.35 bits per heavy atom. The first-order valence-electron chi connectivity index (χ1n) is 14.9. The van der Waals surface area contributed by atoms with Crippen LogP contribution in [0.25, 0.3) is 22.6 Å². The highest BCUT2D eigenvalue weighted by molar-refractivity contribution is 6.76. The number of esters is 1. The van der Waals surface area contributed by atoms with Gasteiger partial charge in [-0.3, -0.25) is 9.78 Å². The van der Waals surface area contributed by atoms with Crippen molar-refractivity contribution in [2.45, 2.75) is 58.9 Å².